The second kappa shape index (κ2) is 6.74. The summed E-state index contributed by atoms with van der Waals surface area (Å²) in [7, 11) is -1.39. The van der Waals surface area contributed by atoms with Crippen LogP contribution in [-0.4, -0.2) is 16.0 Å². The minimum absolute atomic E-state index is 0.134. The van der Waals surface area contributed by atoms with E-state index in [-0.39, 0.29) is 16.7 Å². The maximum atomic E-state index is 12.4. The number of anilines is 2. The van der Waals surface area contributed by atoms with Crippen molar-refractivity contribution in [3.63, 3.8) is 0 Å². The van der Waals surface area contributed by atoms with Crippen LogP contribution in [0.1, 0.15) is 0 Å². The van der Waals surface area contributed by atoms with Crippen LogP contribution in [0.3, 0.4) is 0 Å². The quantitative estimate of drug-likeness (QED) is 0.835. The molecule has 0 unspecified atom stereocenters. The molecule has 2 aromatic carbocycles. The van der Waals surface area contributed by atoms with Gasteiger partial charge >= 0.3 is 0 Å². The molecule has 2 aromatic rings. The van der Waals surface area contributed by atoms with Crippen LogP contribution in [0.2, 0.25) is 10.0 Å². The molecule has 0 saturated carbocycles. The second-order valence-corrected chi connectivity index (χ2v) is 7.11. The van der Waals surface area contributed by atoms with Gasteiger partial charge in [-0.25, -0.2) is 0 Å². The van der Waals surface area contributed by atoms with Crippen LogP contribution in [0, 0.1) is 0 Å². The van der Waals surface area contributed by atoms with Crippen molar-refractivity contribution in [1.82, 2.24) is 0 Å². The molecule has 3 rings (SSSR count). The van der Waals surface area contributed by atoms with E-state index in [1.54, 1.807) is 48.5 Å². The van der Waals surface area contributed by atoms with E-state index in [0.29, 0.717) is 15.7 Å². The van der Waals surface area contributed by atoms with Crippen molar-refractivity contribution >= 4 is 51.3 Å². The largest absolute Gasteiger partial charge is 0.360 e. The summed E-state index contributed by atoms with van der Waals surface area (Å²) in [4.78, 5) is 14.2. The third-order valence-corrected chi connectivity index (χ3v) is 5.08. The summed E-state index contributed by atoms with van der Waals surface area (Å²) in [5.41, 5.74) is 1.43. The number of hydrogen-bond acceptors (Lipinski definition) is 3. The van der Waals surface area contributed by atoms with Gasteiger partial charge in [-0.2, -0.15) is 0 Å². The standard InChI is InChI=1S/C16H12Cl2N2O2S/c17-11-1-5-13(6-2-11)19-9-15-16(21)20(10-23(15)22)14-7-3-12(18)4-8-14/h1-9,19H,10H2/b15-9+/t23-/m0/s1. The molecule has 1 amide bonds. The minimum Gasteiger partial charge on any atom is -0.360 e. The molecule has 118 valence electrons. The average molecular weight is 367 g/mol. The molecule has 0 aliphatic carbocycles. The van der Waals surface area contributed by atoms with Gasteiger partial charge in [0.15, 0.2) is 0 Å². The van der Waals surface area contributed by atoms with Crippen molar-refractivity contribution in [3.05, 3.63) is 69.7 Å². The lowest BCUT2D eigenvalue weighted by Crippen LogP contribution is -2.24. The highest BCUT2D eigenvalue weighted by Gasteiger charge is 2.33. The first-order valence-corrected chi connectivity index (χ1v) is 8.80. The van der Waals surface area contributed by atoms with Gasteiger partial charge in [-0.1, -0.05) is 23.2 Å². The fourth-order valence-electron chi connectivity index (χ4n) is 2.11. The number of amides is 1. The Morgan fingerprint density at radius 2 is 1.57 bits per heavy atom. The third kappa shape index (κ3) is 3.58. The first kappa shape index (κ1) is 16.1. The van der Waals surface area contributed by atoms with Crippen molar-refractivity contribution in [3.8, 4) is 0 Å². The van der Waals surface area contributed by atoms with Crippen LogP contribution in [0.4, 0.5) is 11.4 Å². The van der Waals surface area contributed by atoms with Crippen LogP contribution >= 0.6 is 23.2 Å². The molecule has 1 aliphatic rings. The van der Waals surface area contributed by atoms with Crippen molar-refractivity contribution in [2.24, 2.45) is 0 Å². The number of carbonyl (C=O) groups is 1. The average Bonchev–Trinajstić information content (AvgIpc) is 2.82. The summed E-state index contributed by atoms with van der Waals surface area (Å²) in [6.07, 6.45) is 1.48. The molecule has 1 aliphatic heterocycles. The number of rotatable bonds is 3. The first-order chi connectivity index (χ1) is 11.0. The summed E-state index contributed by atoms with van der Waals surface area (Å²) in [6.45, 7) is 0. The number of halogens is 2. The van der Waals surface area contributed by atoms with E-state index in [1.165, 1.54) is 11.1 Å². The molecule has 1 saturated heterocycles. The van der Waals surface area contributed by atoms with Crippen LogP contribution < -0.4 is 10.2 Å². The van der Waals surface area contributed by atoms with Gasteiger partial charge in [-0.3, -0.25) is 13.9 Å². The summed E-state index contributed by atoms with van der Waals surface area (Å²) >= 11 is 11.7. The van der Waals surface area contributed by atoms with Crippen LogP contribution in [-0.2, 0) is 15.6 Å². The van der Waals surface area contributed by atoms with Gasteiger partial charge in [-0.05, 0) is 48.5 Å². The third-order valence-electron chi connectivity index (χ3n) is 3.30. The monoisotopic (exact) mass is 366 g/mol. The first-order valence-electron chi connectivity index (χ1n) is 6.73. The van der Waals surface area contributed by atoms with E-state index >= 15 is 0 Å². The van der Waals surface area contributed by atoms with Crippen molar-refractivity contribution in [2.45, 2.75) is 0 Å². The zero-order valence-corrected chi connectivity index (χ0v) is 14.2. The summed E-state index contributed by atoms with van der Waals surface area (Å²) in [5.74, 6) is -0.152. The SMILES string of the molecule is O=C1/C(=C\Nc2ccc(Cl)cc2)[S@@](=O)CN1c1ccc(Cl)cc1. The van der Waals surface area contributed by atoms with E-state index < -0.39 is 10.8 Å². The van der Waals surface area contributed by atoms with Crippen LogP contribution in [0.25, 0.3) is 0 Å². The van der Waals surface area contributed by atoms with Crippen molar-refractivity contribution in [1.29, 1.82) is 0 Å². The van der Waals surface area contributed by atoms with E-state index in [4.69, 9.17) is 23.2 Å². The Kier molecular flexibility index (Phi) is 4.71. The highest BCUT2D eigenvalue weighted by molar-refractivity contribution is 7.90. The number of carbonyl (C=O) groups excluding carboxylic acids is 1. The summed E-state index contributed by atoms with van der Waals surface area (Å²) in [6, 6.07) is 13.9. The van der Waals surface area contributed by atoms with E-state index in [2.05, 4.69) is 5.32 Å². The summed E-state index contributed by atoms with van der Waals surface area (Å²) in [5, 5.41) is 4.18. The molecule has 1 heterocycles. The van der Waals surface area contributed by atoms with Gasteiger partial charge in [-0.15, -0.1) is 0 Å². The van der Waals surface area contributed by atoms with Gasteiger partial charge in [0.05, 0.1) is 10.8 Å². The number of nitrogens with one attached hydrogen (secondary N) is 1. The fraction of sp³-hybridized carbons (Fsp3) is 0.0625. The van der Waals surface area contributed by atoms with Crippen LogP contribution in [0.5, 0.6) is 0 Å². The zero-order chi connectivity index (χ0) is 16.4. The molecule has 0 aromatic heterocycles. The highest BCUT2D eigenvalue weighted by atomic mass is 35.5. The smallest absolute Gasteiger partial charge is 0.269 e. The molecule has 0 radical (unpaired) electrons. The molecule has 7 heteroatoms. The van der Waals surface area contributed by atoms with E-state index in [0.717, 1.165) is 5.69 Å². The van der Waals surface area contributed by atoms with Gasteiger partial charge in [0, 0.05) is 27.6 Å². The Balaban J connectivity index is 1.79. The van der Waals surface area contributed by atoms with Gasteiger partial charge in [0.25, 0.3) is 5.91 Å². The molecule has 23 heavy (non-hydrogen) atoms. The number of nitrogens with zero attached hydrogens (tertiary/aromatic N) is 1. The van der Waals surface area contributed by atoms with Crippen molar-refractivity contribution in [2.75, 3.05) is 16.1 Å². The van der Waals surface area contributed by atoms with Gasteiger partial charge < -0.3 is 5.32 Å². The normalized spacial score (nSPS) is 19.4. The maximum absolute atomic E-state index is 12.4. The lowest BCUT2D eigenvalue weighted by molar-refractivity contribution is -0.114. The lowest BCUT2D eigenvalue weighted by Gasteiger charge is -2.13. The Morgan fingerprint density at radius 3 is 2.17 bits per heavy atom. The molecule has 0 spiro atoms. The molecule has 1 N–H and O–H groups in total. The van der Waals surface area contributed by atoms with E-state index in [9.17, 15) is 9.00 Å². The van der Waals surface area contributed by atoms with Gasteiger partial charge in [0.2, 0.25) is 0 Å². The Hall–Kier alpha value is -1.82. The molecule has 1 fully saturated rings. The Labute approximate surface area is 146 Å². The predicted molar refractivity (Wildman–Crippen MR) is 95.1 cm³/mol. The Morgan fingerprint density at radius 1 is 1.00 bits per heavy atom. The second-order valence-electron chi connectivity index (χ2n) is 4.84. The minimum atomic E-state index is -1.39. The molecule has 1 atom stereocenters. The molecule has 4 nitrogen and oxygen atoms in total. The van der Waals surface area contributed by atoms with Crippen LogP contribution in [0.15, 0.2) is 59.6 Å². The Bertz CT molecular complexity index is 789. The topological polar surface area (TPSA) is 49.4 Å². The van der Waals surface area contributed by atoms with Crippen molar-refractivity contribution < 1.29 is 9.00 Å². The number of hydrogen-bond donors (Lipinski definition) is 1. The molecule has 0 bridgehead atoms. The summed E-state index contributed by atoms with van der Waals surface area (Å²) < 4.78 is 12.2. The van der Waals surface area contributed by atoms with E-state index in [1.807, 2.05) is 0 Å². The van der Waals surface area contributed by atoms with Gasteiger partial charge in [0.1, 0.15) is 10.8 Å². The predicted octanol–water partition coefficient (Wildman–Crippen LogP) is 4.00. The highest BCUT2D eigenvalue weighted by Crippen LogP contribution is 2.26. The molecular weight excluding hydrogens is 355 g/mol. The molecular formula is C16H12Cl2N2O2S. The number of benzene rings is 2. The maximum Gasteiger partial charge on any atom is 0.269 e. The fourth-order valence-corrected chi connectivity index (χ4v) is 3.50. The lowest BCUT2D eigenvalue weighted by atomic mass is 10.3. The zero-order valence-electron chi connectivity index (χ0n) is 11.8.